The van der Waals surface area contributed by atoms with Gasteiger partial charge in [0, 0.05) is 6.54 Å². The van der Waals surface area contributed by atoms with Gasteiger partial charge in [0.15, 0.2) is 0 Å². The molecule has 128 valence electrons. The van der Waals surface area contributed by atoms with Gasteiger partial charge in [0.1, 0.15) is 12.4 Å². The minimum absolute atomic E-state index is 0.218. The Hall–Kier alpha value is -3.22. The number of aromatic nitrogens is 2. The third kappa shape index (κ3) is 3.50. The van der Waals surface area contributed by atoms with E-state index in [1.54, 1.807) is 43.3 Å². The van der Waals surface area contributed by atoms with Crippen LogP contribution in [0.25, 0.3) is 10.9 Å². The number of hydrogen-bond acceptors (Lipinski definition) is 3. The molecule has 1 heterocycles. The lowest BCUT2D eigenvalue weighted by atomic mass is 10.1. The number of aromatic amines is 1. The lowest BCUT2D eigenvalue weighted by molar-refractivity contribution is -0.121. The fraction of sp³-hybridized carbons (Fsp3) is 0.167. The Balaban J connectivity index is 1.79. The van der Waals surface area contributed by atoms with Gasteiger partial charge in [0.25, 0.3) is 5.56 Å². The van der Waals surface area contributed by atoms with Crippen LogP contribution in [0.1, 0.15) is 11.1 Å². The molecule has 0 unspecified atom stereocenters. The van der Waals surface area contributed by atoms with Crippen molar-refractivity contribution in [1.29, 1.82) is 0 Å². The molecule has 3 rings (SSSR count). The Morgan fingerprint density at radius 3 is 2.72 bits per heavy atom. The largest absolute Gasteiger partial charge is 0.350 e. The van der Waals surface area contributed by atoms with Gasteiger partial charge in [-0.2, -0.15) is 0 Å². The van der Waals surface area contributed by atoms with E-state index in [-0.39, 0.29) is 24.8 Å². The molecule has 0 bridgehead atoms. The van der Waals surface area contributed by atoms with E-state index in [0.717, 1.165) is 5.56 Å². The number of rotatable bonds is 4. The van der Waals surface area contributed by atoms with Gasteiger partial charge in [-0.1, -0.05) is 24.3 Å². The van der Waals surface area contributed by atoms with E-state index >= 15 is 0 Å². The van der Waals surface area contributed by atoms with Crippen LogP contribution in [0.15, 0.2) is 52.1 Å². The van der Waals surface area contributed by atoms with Gasteiger partial charge in [-0.05, 0) is 36.2 Å². The number of hydrogen-bond donors (Lipinski definition) is 2. The maximum atomic E-state index is 13.3. The molecule has 7 heteroatoms. The summed E-state index contributed by atoms with van der Waals surface area (Å²) in [6, 6.07) is 11.2. The van der Waals surface area contributed by atoms with Crippen LogP contribution in [0, 0.1) is 12.7 Å². The predicted octanol–water partition coefficient (Wildman–Crippen LogP) is 1.45. The standard InChI is InChI=1S/C18H16FN3O3/c1-11-8-12(6-7-14(11)19)9-20-16(23)10-22-15-5-3-2-4-13(15)17(24)21-18(22)25/h2-8H,9-10H2,1H3,(H,20,23)(H,21,24,25). The second kappa shape index (κ2) is 6.72. The van der Waals surface area contributed by atoms with Crippen molar-refractivity contribution in [2.24, 2.45) is 0 Å². The molecule has 0 spiro atoms. The molecule has 2 aromatic carbocycles. The molecular weight excluding hydrogens is 325 g/mol. The molecule has 25 heavy (non-hydrogen) atoms. The van der Waals surface area contributed by atoms with Crippen molar-refractivity contribution in [3.05, 3.63) is 80.2 Å². The summed E-state index contributed by atoms with van der Waals surface area (Å²) in [6.07, 6.45) is 0. The zero-order chi connectivity index (χ0) is 18.0. The smallest absolute Gasteiger partial charge is 0.329 e. The molecular formula is C18H16FN3O3. The Kier molecular flexibility index (Phi) is 4.47. The fourth-order valence-electron chi connectivity index (χ4n) is 2.62. The first-order valence-electron chi connectivity index (χ1n) is 7.69. The van der Waals surface area contributed by atoms with Crippen molar-refractivity contribution in [1.82, 2.24) is 14.9 Å². The summed E-state index contributed by atoms with van der Waals surface area (Å²) in [4.78, 5) is 38.2. The molecule has 0 radical (unpaired) electrons. The molecule has 1 amide bonds. The zero-order valence-corrected chi connectivity index (χ0v) is 13.5. The maximum absolute atomic E-state index is 13.3. The third-order valence-electron chi connectivity index (χ3n) is 3.92. The minimum atomic E-state index is -0.642. The van der Waals surface area contributed by atoms with E-state index in [9.17, 15) is 18.8 Å². The van der Waals surface area contributed by atoms with Crippen LogP contribution in [-0.4, -0.2) is 15.5 Å². The van der Waals surface area contributed by atoms with E-state index in [0.29, 0.717) is 16.5 Å². The monoisotopic (exact) mass is 341 g/mol. The molecule has 3 aromatic rings. The van der Waals surface area contributed by atoms with Crippen LogP contribution < -0.4 is 16.6 Å². The number of nitrogens with zero attached hydrogens (tertiary/aromatic N) is 1. The van der Waals surface area contributed by atoms with Gasteiger partial charge < -0.3 is 5.32 Å². The summed E-state index contributed by atoms with van der Waals surface area (Å²) in [6.45, 7) is 1.64. The number of carbonyl (C=O) groups excluding carboxylic acids is 1. The maximum Gasteiger partial charge on any atom is 0.329 e. The highest BCUT2D eigenvalue weighted by atomic mass is 19.1. The minimum Gasteiger partial charge on any atom is -0.350 e. The number of aryl methyl sites for hydroxylation is 1. The van der Waals surface area contributed by atoms with Gasteiger partial charge in [0.2, 0.25) is 5.91 Å². The van der Waals surface area contributed by atoms with Crippen LogP contribution in [0.4, 0.5) is 4.39 Å². The summed E-state index contributed by atoms with van der Waals surface area (Å²) >= 11 is 0. The zero-order valence-electron chi connectivity index (χ0n) is 13.5. The molecule has 0 aliphatic rings. The van der Waals surface area contributed by atoms with Crippen molar-refractivity contribution in [3.8, 4) is 0 Å². The first-order chi connectivity index (χ1) is 12.0. The van der Waals surface area contributed by atoms with E-state index in [4.69, 9.17) is 0 Å². The highest BCUT2D eigenvalue weighted by Gasteiger charge is 2.10. The molecule has 0 aliphatic heterocycles. The van der Waals surface area contributed by atoms with Gasteiger partial charge in [-0.25, -0.2) is 9.18 Å². The average molecular weight is 341 g/mol. The second-order valence-electron chi connectivity index (χ2n) is 5.72. The molecule has 1 aromatic heterocycles. The summed E-state index contributed by atoms with van der Waals surface area (Å²) in [5.41, 5.74) is 0.514. The molecule has 6 nitrogen and oxygen atoms in total. The molecule has 0 saturated carbocycles. The highest BCUT2D eigenvalue weighted by Crippen LogP contribution is 2.09. The molecule has 0 saturated heterocycles. The van der Waals surface area contributed by atoms with E-state index in [1.165, 1.54) is 10.6 Å². The third-order valence-corrected chi connectivity index (χ3v) is 3.92. The van der Waals surface area contributed by atoms with Crippen LogP contribution in [-0.2, 0) is 17.9 Å². The van der Waals surface area contributed by atoms with Crippen molar-refractivity contribution >= 4 is 16.8 Å². The highest BCUT2D eigenvalue weighted by molar-refractivity contribution is 5.81. The topological polar surface area (TPSA) is 84.0 Å². The molecule has 0 atom stereocenters. The van der Waals surface area contributed by atoms with Crippen LogP contribution >= 0.6 is 0 Å². The number of carbonyl (C=O) groups is 1. The summed E-state index contributed by atoms with van der Waals surface area (Å²) in [5, 5.41) is 3.02. The summed E-state index contributed by atoms with van der Waals surface area (Å²) in [5.74, 6) is -0.692. The average Bonchev–Trinajstić information content (AvgIpc) is 2.59. The van der Waals surface area contributed by atoms with E-state index < -0.39 is 11.2 Å². The van der Waals surface area contributed by atoms with Crippen LogP contribution in [0.5, 0.6) is 0 Å². The Morgan fingerprint density at radius 2 is 1.96 bits per heavy atom. The van der Waals surface area contributed by atoms with Crippen molar-refractivity contribution in [2.45, 2.75) is 20.0 Å². The normalized spacial score (nSPS) is 10.8. The van der Waals surface area contributed by atoms with Gasteiger partial charge in [-0.15, -0.1) is 0 Å². The summed E-state index contributed by atoms with van der Waals surface area (Å²) in [7, 11) is 0. The number of H-pyrrole nitrogens is 1. The number of fused-ring (bicyclic) bond motifs is 1. The number of para-hydroxylation sites is 1. The van der Waals surface area contributed by atoms with Gasteiger partial charge in [-0.3, -0.25) is 19.1 Å². The summed E-state index contributed by atoms with van der Waals surface area (Å²) < 4.78 is 14.5. The van der Waals surface area contributed by atoms with E-state index in [1.807, 2.05) is 0 Å². The molecule has 0 aliphatic carbocycles. The first kappa shape index (κ1) is 16.6. The Bertz CT molecular complexity index is 1070. The van der Waals surface area contributed by atoms with Gasteiger partial charge >= 0.3 is 5.69 Å². The number of nitrogens with one attached hydrogen (secondary N) is 2. The van der Waals surface area contributed by atoms with E-state index in [2.05, 4.69) is 10.3 Å². The molecule has 0 fully saturated rings. The lowest BCUT2D eigenvalue weighted by Crippen LogP contribution is -2.36. The second-order valence-corrected chi connectivity index (χ2v) is 5.72. The van der Waals surface area contributed by atoms with Crippen LogP contribution in [0.3, 0.4) is 0 Å². The van der Waals surface area contributed by atoms with Crippen molar-refractivity contribution < 1.29 is 9.18 Å². The van der Waals surface area contributed by atoms with Gasteiger partial charge in [0.05, 0.1) is 10.9 Å². The quantitative estimate of drug-likeness (QED) is 0.753. The predicted molar refractivity (Wildman–Crippen MR) is 91.8 cm³/mol. The Morgan fingerprint density at radius 1 is 1.20 bits per heavy atom. The fourth-order valence-corrected chi connectivity index (χ4v) is 2.62. The number of benzene rings is 2. The van der Waals surface area contributed by atoms with Crippen molar-refractivity contribution in [2.75, 3.05) is 0 Å². The Labute approximate surface area is 141 Å². The first-order valence-corrected chi connectivity index (χ1v) is 7.69. The van der Waals surface area contributed by atoms with Crippen molar-refractivity contribution in [3.63, 3.8) is 0 Å². The SMILES string of the molecule is Cc1cc(CNC(=O)Cn2c(=O)[nH]c(=O)c3ccccc32)ccc1F. The van der Waals surface area contributed by atoms with Crippen LogP contribution in [0.2, 0.25) is 0 Å². The lowest BCUT2D eigenvalue weighted by Gasteiger charge is -2.10. The number of amides is 1. The number of halogens is 1. The molecule has 2 N–H and O–H groups in total.